The molecule has 0 aliphatic heterocycles. The van der Waals surface area contributed by atoms with E-state index in [1.807, 2.05) is 24.3 Å². The molecule has 31 heavy (non-hydrogen) atoms. The molecule has 3 rings (SSSR count). The van der Waals surface area contributed by atoms with Crippen molar-refractivity contribution >= 4 is 35.2 Å². The zero-order valence-corrected chi connectivity index (χ0v) is 17.0. The van der Waals surface area contributed by atoms with Crippen molar-refractivity contribution in [2.24, 2.45) is 0 Å². The standard InChI is InChI=1S/C24H17ClN2O4/c25-21-10-3-1-7-18(21)15-31-22-11-4-2-6-16(22)12-19(14-26)23(28)27-20-9-5-8-17(13-20)24(29)30/h1-13H,15H2,(H,27,28)(H,29,30). The molecule has 0 saturated heterocycles. The Labute approximate surface area is 184 Å². The monoisotopic (exact) mass is 432 g/mol. The van der Waals surface area contributed by atoms with Crippen LogP contribution in [0.25, 0.3) is 6.08 Å². The van der Waals surface area contributed by atoms with Crippen LogP contribution in [0.5, 0.6) is 5.75 Å². The van der Waals surface area contributed by atoms with Gasteiger partial charge < -0.3 is 15.2 Å². The van der Waals surface area contributed by atoms with E-state index in [4.69, 9.17) is 21.4 Å². The molecule has 0 unspecified atom stereocenters. The number of carboxylic acids is 1. The van der Waals surface area contributed by atoms with Gasteiger partial charge in [0, 0.05) is 21.8 Å². The van der Waals surface area contributed by atoms with Gasteiger partial charge in [-0.05, 0) is 36.4 Å². The number of carboxylic acid groups (broad SMARTS) is 1. The van der Waals surface area contributed by atoms with Crippen LogP contribution in [-0.2, 0) is 11.4 Å². The number of nitriles is 1. The van der Waals surface area contributed by atoms with Crippen LogP contribution in [0.3, 0.4) is 0 Å². The highest BCUT2D eigenvalue weighted by Crippen LogP contribution is 2.24. The molecule has 0 heterocycles. The van der Waals surface area contributed by atoms with E-state index in [2.05, 4.69) is 5.32 Å². The first kappa shape index (κ1) is 21.6. The molecule has 0 aromatic heterocycles. The number of nitrogens with one attached hydrogen (secondary N) is 1. The van der Waals surface area contributed by atoms with Crippen molar-refractivity contribution in [1.82, 2.24) is 0 Å². The molecule has 0 radical (unpaired) electrons. The molecular formula is C24H17ClN2O4. The summed E-state index contributed by atoms with van der Waals surface area (Å²) in [5.74, 6) is -1.29. The Bertz CT molecular complexity index is 1200. The molecule has 6 nitrogen and oxygen atoms in total. The summed E-state index contributed by atoms with van der Waals surface area (Å²) in [7, 11) is 0. The minimum atomic E-state index is -1.11. The van der Waals surface area contributed by atoms with Gasteiger partial charge in [-0.1, -0.05) is 54.1 Å². The summed E-state index contributed by atoms with van der Waals surface area (Å²) in [6.07, 6.45) is 1.41. The average Bonchev–Trinajstić information content (AvgIpc) is 2.77. The first-order valence-electron chi connectivity index (χ1n) is 9.19. The van der Waals surface area contributed by atoms with Crippen LogP contribution in [-0.4, -0.2) is 17.0 Å². The largest absolute Gasteiger partial charge is 0.488 e. The van der Waals surface area contributed by atoms with E-state index in [9.17, 15) is 14.9 Å². The number of halogens is 1. The second kappa shape index (κ2) is 10.1. The summed E-state index contributed by atoms with van der Waals surface area (Å²) in [5, 5.41) is 21.7. The van der Waals surface area contributed by atoms with Crippen LogP contribution < -0.4 is 10.1 Å². The first-order chi connectivity index (χ1) is 15.0. The van der Waals surface area contributed by atoms with E-state index >= 15 is 0 Å². The van der Waals surface area contributed by atoms with Gasteiger partial charge in [-0.25, -0.2) is 4.79 Å². The second-order valence-corrected chi connectivity index (χ2v) is 6.84. The summed E-state index contributed by atoms with van der Waals surface area (Å²) in [4.78, 5) is 23.7. The highest BCUT2D eigenvalue weighted by atomic mass is 35.5. The average molecular weight is 433 g/mol. The smallest absolute Gasteiger partial charge is 0.335 e. The third kappa shape index (κ3) is 5.72. The summed E-state index contributed by atoms with van der Waals surface area (Å²) in [6.45, 7) is 0.223. The number of rotatable bonds is 7. The number of ether oxygens (including phenoxy) is 1. The van der Waals surface area contributed by atoms with E-state index in [0.29, 0.717) is 16.3 Å². The third-order valence-electron chi connectivity index (χ3n) is 4.29. The maximum absolute atomic E-state index is 12.6. The Morgan fingerprint density at radius 3 is 2.55 bits per heavy atom. The molecule has 154 valence electrons. The van der Waals surface area contributed by atoms with Crippen LogP contribution in [0, 0.1) is 11.3 Å². The number of para-hydroxylation sites is 1. The zero-order chi connectivity index (χ0) is 22.2. The lowest BCUT2D eigenvalue weighted by Gasteiger charge is -2.11. The Balaban J connectivity index is 1.80. The van der Waals surface area contributed by atoms with Gasteiger partial charge in [-0.2, -0.15) is 5.26 Å². The molecule has 0 bridgehead atoms. The minimum absolute atomic E-state index is 0.0265. The molecule has 0 aliphatic carbocycles. The second-order valence-electron chi connectivity index (χ2n) is 6.43. The number of carbonyl (C=O) groups is 2. The van der Waals surface area contributed by atoms with Crippen LogP contribution in [0.1, 0.15) is 21.5 Å². The van der Waals surface area contributed by atoms with Gasteiger partial charge in [0.1, 0.15) is 24.0 Å². The molecule has 1 amide bonds. The van der Waals surface area contributed by atoms with Gasteiger partial charge in [0.25, 0.3) is 5.91 Å². The fourth-order valence-corrected chi connectivity index (χ4v) is 2.92. The summed E-state index contributed by atoms with van der Waals surface area (Å²) in [5.41, 5.74) is 1.49. The SMILES string of the molecule is N#CC(=Cc1ccccc1OCc1ccccc1Cl)C(=O)Nc1cccc(C(=O)O)c1. The molecule has 2 N–H and O–H groups in total. The van der Waals surface area contributed by atoms with Gasteiger partial charge in [-0.15, -0.1) is 0 Å². The molecule has 0 aliphatic rings. The van der Waals surface area contributed by atoms with Gasteiger partial charge in [-0.3, -0.25) is 4.79 Å². The Kier molecular flexibility index (Phi) is 7.05. The van der Waals surface area contributed by atoms with E-state index in [0.717, 1.165) is 5.56 Å². The van der Waals surface area contributed by atoms with Gasteiger partial charge >= 0.3 is 5.97 Å². The lowest BCUT2D eigenvalue weighted by Crippen LogP contribution is -2.14. The Morgan fingerprint density at radius 1 is 1.06 bits per heavy atom. The number of carbonyl (C=O) groups excluding carboxylic acids is 1. The van der Waals surface area contributed by atoms with Crippen molar-refractivity contribution in [3.05, 3.63) is 100 Å². The Morgan fingerprint density at radius 2 is 1.81 bits per heavy atom. The molecule has 7 heteroatoms. The number of aromatic carboxylic acids is 1. The number of benzene rings is 3. The van der Waals surface area contributed by atoms with Crippen LogP contribution in [0.15, 0.2) is 78.4 Å². The topological polar surface area (TPSA) is 99.4 Å². The van der Waals surface area contributed by atoms with Gasteiger partial charge in [0.05, 0.1) is 5.56 Å². The summed E-state index contributed by atoms with van der Waals surface area (Å²) in [6, 6.07) is 21.9. The van der Waals surface area contributed by atoms with Gasteiger partial charge in [0.2, 0.25) is 0 Å². The van der Waals surface area contributed by atoms with E-state index < -0.39 is 11.9 Å². The summed E-state index contributed by atoms with van der Waals surface area (Å²) >= 11 is 6.16. The number of hydrogen-bond acceptors (Lipinski definition) is 4. The Hall–Kier alpha value is -4.08. The van der Waals surface area contributed by atoms with Crippen LogP contribution in [0.2, 0.25) is 5.02 Å². The number of hydrogen-bond donors (Lipinski definition) is 2. The van der Waals surface area contributed by atoms with Crippen molar-refractivity contribution in [2.75, 3.05) is 5.32 Å². The molecule has 0 saturated carbocycles. The molecule has 3 aromatic carbocycles. The van der Waals surface area contributed by atoms with Crippen molar-refractivity contribution in [3.63, 3.8) is 0 Å². The lowest BCUT2D eigenvalue weighted by molar-refractivity contribution is -0.112. The normalized spacial score (nSPS) is 10.8. The quantitative estimate of drug-likeness (QED) is 0.396. The highest BCUT2D eigenvalue weighted by Gasteiger charge is 2.13. The predicted molar refractivity (Wildman–Crippen MR) is 118 cm³/mol. The minimum Gasteiger partial charge on any atom is -0.488 e. The van der Waals surface area contributed by atoms with Crippen molar-refractivity contribution in [3.8, 4) is 11.8 Å². The van der Waals surface area contributed by atoms with E-state index in [-0.39, 0.29) is 23.4 Å². The van der Waals surface area contributed by atoms with E-state index in [1.165, 1.54) is 24.3 Å². The fraction of sp³-hybridized carbons (Fsp3) is 0.0417. The zero-order valence-electron chi connectivity index (χ0n) is 16.2. The molecule has 0 spiro atoms. The van der Waals surface area contributed by atoms with Crippen molar-refractivity contribution in [2.45, 2.75) is 6.61 Å². The third-order valence-corrected chi connectivity index (χ3v) is 4.66. The molecule has 0 fully saturated rings. The highest BCUT2D eigenvalue weighted by molar-refractivity contribution is 6.31. The van der Waals surface area contributed by atoms with Crippen LogP contribution in [0.4, 0.5) is 5.69 Å². The van der Waals surface area contributed by atoms with Crippen molar-refractivity contribution < 1.29 is 19.4 Å². The van der Waals surface area contributed by atoms with Crippen LogP contribution >= 0.6 is 11.6 Å². The van der Waals surface area contributed by atoms with E-state index in [1.54, 1.807) is 36.4 Å². The van der Waals surface area contributed by atoms with Gasteiger partial charge in [0.15, 0.2) is 0 Å². The predicted octanol–water partition coefficient (Wildman–Crippen LogP) is 5.16. The lowest BCUT2D eigenvalue weighted by atomic mass is 10.1. The number of anilines is 1. The molecule has 3 aromatic rings. The van der Waals surface area contributed by atoms with Crippen molar-refractivity contribution in [1.29, 1.82) is 5.26 Å². The number of nitrogens with zero attached hydrogens (tertiary/aromatic N) is 1. The maximum Gasteiger partial charge on any atom is 0.335 e. The first-order valence-corrected chi connectivity index (χ1v) is 9.57. The number of amides is 1. The summed E-state index contributed by atoms with van der Waals surface area (Å²) < 4.78 is 5.85. The maximum atomic E-state index is 12.6. The molecule has 0 atom stereocenters. The molecular weight excluding hydrogens is 416 g/mol. The fourth-order valence-electron chi connectivity index (χ4n) is 2.73.